The maximum absolute atomic E-state index is 13.4. The van der Waals surface area contributed by atoms with Gasteiger partial charge in [0.15, 0.2) is 5.69 Å². The number of benzene rings is 1. The van der Waals surface area contributed by atoms with Gasteiger partial charge in [-0.1, -0.05) is 11.6 Å². The van der Waals surface area contributed by atoms with Crippen LogP contribution in [0.1, 0.15) is 25.0 Å². The Morgan fingerprint density at radius 2 is 2.25 bits per heavy atom. The zero-order chi connectivity index (χ0) is 20.1. The summed E-state index contributed by atoms with van der Waals surface area (Å²) in [6.07, 6.45) is 2.48. The van der Waals surface area contributed by atoms with E-state index in [1.165, 1.54) is 22.5 Å². The average molecular weight is 477 g/mol. The maximum atomic E-state index is 13.4. The number of piperidine rings is 1. The third kappa shape index (κ3) is 4.77. The molecule has 13 heteroatoms. The van der Waals surface area contributed by atoms with Crippen molar-refractivity contribution < 1.29 is 22.6 Å². The quantitative estimate of drug-likeness (QED) is 0.163. The first-order valence-electron chi connectivity index (χ1n) is 8.41. The molecule has 0 saturated carbocycles. The molecule has 3 rings (SSSR count). The number of nitrogens with zero attached hydrogens (tertiary/aromatic N) is 4. The number of aromatic nitrogens is 2. The van der Waals surface area contributed by atoms with E-state index >= 15 is 0 Å². The normalized spacial score (nSPS) is 18.4. The molecule has 0 aliphatic carbocycles. The third-order valence-corrected chi connectivity index (χ3v) is 5.86. The van der Waals surface area contributed by atoms with Gasteiger partial charge < -0.3 is 15.8 Å². The van der Waals surface area contributed by atoms with Crippen molar-refractivity contribution in [3.8, 4) is 0 Å². The van der Waals surface area contributed by atoms with E-state index < -0.39 is 16.7 Å². The van der Waals surface area contributed by atoms with Crippen molar-refractivity contribution in [2.24, 2.45) is 5.16 Å². The van der Waals surface area contributed by atoms with E-state index in [0.29, 0.717) is 18.8 Å². The second-order valence-corrected chi connectivity index (χ2v) is 7.94. The van der Waals surface area contributed by atoms with Crippen LogP contribution in [-0.4, -0.2) is 53.2 Å². The van der Waals surface area contributed by atoms with Gasteiger partial charge in [-0.15, -0.1) is 0 Å². The molecule has 2 heterocycles. The highest BCUT2D eigenvalue weighted by Crippen LogP contribution is 2.22. The molecule has 10 nitrogen and oxygen atoms in total. The highest BCUT2D eigenvalue weighted by atomic mass is 79.9. The number of hydrogen-bond donors (Lipinski definition) is 4. The van der Waals surface area contributed by atoms with Crippen molar-refractivity contribution in [1.82, 2.24) is 14.6 Å². The van der Waals surface area contributed by atoms with Gasteiger partial charge in [-0.25, -0.2) is 17.4 Å². The molecule has 0 spiro atoms. The van der Waals surface area contributed by atoms with Crippen LogP contribution in [0.15, 0.2) is 32.5 Å². The molecule has 2 aromatic rings. The van der Waals surface area contributed by atoms with Crippen LogP contribution in [-0.2, 0) is 10.9 Å². The molecule has 28 heavy (non-hydrogen) atoms. The zero-order valence-corrected chi connectivity index (χ0v) is 17.0. The highest BCUT2D eigenvalue weighted by Gasteiger charge is 2.26. The SMILES string of the molecule is O=[SH](=O)N1CCCCC1CNc1nonc1/C(=N/O)Nc1ccc(F)c(Br)c1. The van der Waals surface area contributed by atoms with Crippen LogP contribution in [0.3, 0.4) is 0 Å². The third-order valence-electron chi connectivity index (χ3n) is 4.31. The minimum atomic E-state index is -2.67. The molecular weight excluding hydrogens is 459 g/mol. The lowest BCUT2D eigenvalue weighted by atomic mass is 10.1. The molecule has 1 aliphatic heterocycles. The zero-order valence-electron chi connectivity index (χ0n) is 14.5. The molecule has 1 saturated heterocycles. The Morgan fingerprint density at radius 3 is 2.96 bits per heavy atom. The molecule has 3 N–H and O–H groups in total. The van der Waals surface area contributed by atoms with Crippen LogP contribution in [0.5, 0.6) is 0 Å². The van der Waals surface area contributed by atoms with Gasteiger partial charge in [-0.3, -0.25) is 0 Å². The number of anilines is 2. The summed E-state index contributed by atoms with van der Waals surface area (Å²) in [7, 11) is -2.67. The van der Waals surface area contributed by atoms with Gasteiger partial charge in [0.25, 0.3) is 0 Å². The Kier molecular flexibility index (Phi) is 6.80. The minimum Gasteiger partial charge on any atom is -0.409 e. The van der Waals surface area contributed by atoms with Crippen LogP contribution in [0.25, 0.3) is 0 Å². The van der Waals surface area contributed by atoms with Crippen LogP contribution < -0.4 is 10.6 Å². The summed E-state index contributed by atoms with van der Waals surface area (Å²) >= 11 is 3.08. The Labute approximate surface area is 170 Å². The van der Waals surface area contributed by atoms with E-state index in [-0.39, 0.29) is 27.9 Å². The Balaban J connectivity index is 1.71. The van der Waals surface area contributed by atoms with Crippen molar-refractivity contribution in [3.05, 3.63) is 34.2 Å². The first-order chi connectivity index (χ1) is 13.5. The molecule has 1 aromatic carbocycles. The molecule has 1 fully saturated rings. The van der Waals surface area contributed by atoms with Crippen LogP contribution in [0, 0.1) is 5.82 Å². The lowest BCUT2D eigenvalue weighted by Gasteiger charge is -2.30. The van der Waals surface area contributed by atoms with E-state index in [1.54, 1.807) is 0 Å². The Hall–Kier alpha value is -2.25. The van der Waals surface area contributed by atoms with E-state index in [2.05, 4.69) is 42.0 Å². The molecular formula is C15H18BrFN6O4S. The minimum absolute atomic E-state index is 0.0716. The smallest absolute Gasteiger partial charge is 0.204 e. The summed E-state index contributed by atoms with van der Waals surface area (Å²) in [5.41, 5.74) is 0.536. The van der Waals surface area contributed by atoms with Gasteiger partial charge in [0, 0.05) is 24.8 Å². The summed E-state index contributed by atoms with van der Waals surface area (Å²) < 4.78 is 42.6. The van der Waals surface area contributed by atoms with E-state index in [0.717, 1.165) is 19.3 Å². The van der Waals surface area contributed by atoms with Gasteiger partial charge in [0.1, 0.15) is 5.82 Å². The average Bonchev–Trinajstić information content (AvgIpc) is 3.15. The standard InChI is InChI=1S/C15H18BrFN6O4S/c16-11-7-9(4-5-12(11)17)19-15(20-24)13-14(22-27-21-13)18-8-10-3-1-2-6-23(10)28(25)26/h4-5,7,10,24,28H,1-3,6,8H2,(H,18,22)(H,19,20). The van der Waals surface area contributed by atoms with E-state index in [4.69, 9.17) is 4.63 Å². The second kappa shape index (κ2) is 9.30. The number of amidine groups is 1. The second-order valence-electron chi connectivity index (χ2n) is 6.10. The fourth-order valence-electron chi connectivity index (χ4n) is 2.92. The number of rotatable bonds is 6. The van der Waals surface area contributed by atoms with Crippen molar-refractivity contribution in [1.29, 1.82) is 0 Å². The lowest BCUT2D eigenvalue weighted by molar-refractivity contribution is 0.268. The summed E-state index contributed by atoms with van der Waals surface area (Å²) in [6.45, 7) is 0.782. The van der Waals surface area contributed by atoms with Crippen molar-refractivity contribution in [2.45, 2.75) is 25.3 Å². The molecule has 1 unspecified atom stereocenters. The first kappa shape index (κ1) is 20.5. The predicted molar refractivity (Wildman–Crippen MR) is 103 cm³/mol. The summed E-state index contributed by atoms with van der Waals surface area (Å²) in [5, 5.41) is 25.8. The number of nitrogens with one attached hydrogen (secondary N) is 2. The van der Waals surface area contributed by atoms with Crippen LogP contribution >= 0.6 is 15.9 Å². The van der Waals surface area contributed by atoms with Gasteiger partial charge >= 0.3 is 0 Å². The topological polar surface area (TPSA) is 133 Å². The van der Waals surface area contributed by atoms with Crippen LogP contribution in [0.2, 0.25) is 0 Å². The van der Waals surface area contributed by atoms with E-state index in [1.807, 2.05) is 0 Å². The van der Waals surface area contributed by atoms with Gasteiger partial charge in [-0.05, 0) is 57.3 Å². The Bertz CT molecular complexity index is 929. The monoisotopic (exact) mass is 476 g/mol. The summed E-state index contributed by atoms with van der Waals surface area (Å²) in [6, 6.07) is 3.95. The summed E-state index contributed by atoms with van der Waals surface area (Å²) in [5.74, 6) is -0.321. The highest BCUT2D eigenvalue weighted by molar-refractivity contribution is 9.10. The maximum Gasteiger partial charge on any atom is 0.204 e. The fraction of sp³-hybridized carbons (Fsp3) is 0.400. The fourth-order valence-corrected chi connectivity index (χ4v) is 4.07. The van der Waals surface area contributed by atoms with Crippen molar-refractivity contribution in [3.63, 3.8) is 0 Å². The molecule has 1 aliphatic rings. The molecule has 0 bridgehead atoms. The van der Waals surface area contributed by atoms with Gasteiger partial charge in [-0.2, -0.15) is 4.31 Å². The van der Waals surface area contributed by atoms with Gasteiger partial charge in [0.05, 0.1) is 4.47 Å². The van der Waals surface area contributed by atoms with E-state index in [9.17, 15) is 18.0 Å². The van der Waals surface area contributed by atoms with Crippen molar-refractivity contribution in [2.75, 3.05) is 23.7 Å². The van der Waals surface area contributed by atoms with Gasteiger partial charge in [0.2, 0.25) is 22.5 Å². The number of oxime groups is 1. The molecule has 0 radical (unpaired) electrons. The summed E-state index contributed by atoms with van der Waals surface area (Å²) in [4.78, 5) is 0. The number of thiol groups is 1. The van der Waals surface area contributed by atoms with Crippen molar-refractivity contribution >= 4 is 44.2 Å². The number of halogens is 2. The largest absolute Gasteiger partial charge is 0.409 e. The Morgan fingerprint density at radius 1 is 1.43 bits per heavy atom. The molecule has 152 valence electrons. The lowest BCUT2D eigenvalue weighted by Crippen LogP contribution is -2.42. The number of hydrogen-bond acceptors (Lipinski definition) is 8. The molecule has 0 amide bonds. The molecule has 1 atom stereocenters. The molecule has 1 aromatic heterocycles. The first-order valence-corrected chi connectivity index (χ1v) is 10.3. The van der Waals surface area contributed by atoms with Crippen LogP contribution in [0.4, 0.5) is 15.9 Å². The predicted octanol–water partition coefficient (Wildman–Crippen LogP) is 2.01.